The summed E-state index contributed by atoms with van der Waals surface area (Å²) < 4.78 is 31.2. The Morgan fingerprint density at radius 3 is 2.56 bits per heavy atom. The molecule has 7 nitrogen and oxygen atoms in total. The van der Waals surface area contributed by atoms with Gasteiger partial charge in [-0.1, -0.05) is 12.1 Å². The monoisotopic (exact) mass is 420 g/mol. The van der Waals surface area contributed by atoms with Crippen molar-refractivity contribution >= 4 is 28.4 Å². The van der Waals surface area contributed by atoms with E-state index in [0.29, 0.717) is 39.1 Å². The number of hydrogen-bond donors (Lipinski definition) is 1. The first kappa shape index (κ1) is 23.7. The molecule has 1 aromatic rings. The van der Waals surface area contributed by atoms with Crippen LogP contribution in [0.2, 0.25) is 0 Å². The topological polar surface area (TPSA) is 87.2 Å². The molecule has 0 unspecified atom stereocenters. The molecule has 1 aliphatic heterocycles. The van der Waals surface area contributed by atoms with Crippen LogP contribution in [0.3, 0.4) is 0 Å². The lowest BCUT2D eigenvalue weighted by Gasteiger charge is -2.37. The summed E-state index contributed by atoms with van der Waals surface area (Å²) in [4.78, 5) is 13.1. The summed E-state index contributed by atoms with van der Waals surface area (Å²) in [6.45, 7) is 5.33. The molecule has 1 N–H and O–H groups in total. The van der Waals surface area contributed by atoms with Crippen LogP contribution >= 0.6 is 12.4 Å². The molecule has 0 aromatic heterocycles. The Balaban J connectivity index is 0.00000364. The molecule has 1 fully saturated rings. The minimum absolute atomic E-state index is 0. The number of aryl methyl sites for hydroxylation is 1. The highest BCUT2D eigenvalue weighted by Crippen LogP contribution is 2.19. The van der Waals surface area contributed by atoms with Gasteiger partial charge in [0.15, 0.2) is 0 Å². The molecule has 1 heterocycles. The predicted octanol–water partition coefficient (Wildman–Crippen LogP) is 2.00. The van der Waals surface area contributed by atoms with Gasteiger partial charge in [0.1, 0.15) is 12.4 Å². The number of sulfonamides is 1. The van der Waals surface area contributed by atoms with E-state index in [-0.39, 0.29) is 30.7 Å². The van der Waals surface area contributed by atoms with Crippen molar-refractivity contribution in [2.45, 2.75) is 32.7 Å². The van der Waals surface area contributed by atoms with E-state index in [1.165, 1.54) is 4.31 Å². The molecule has 0 radical (unpaired) electrons. The maximum atomic E-state index is 12.0. The summed E-state index contributed by atoms with van der Waals surface area (Å²) in [5.41, 5.74) is 1.11. The normalized spacial score (nSPS) is 16.1. The van der Waals surface area contributed by atoms with Gasteiger partial charge < -0.3 is 9.84 Å². The Labute approximate surface area is 167 Å². The minimum Gasteiger partial charge on any atom is -0.492 e. The molecular weight excluding hydrogens is 392 g/mol. The summed E-state index contributed by atoms with van der Waals surface area (Å²) in [5.74, 6) is -0.0193. The van der Waals surface area contributed by atoms with E-state index in [9.17, 15) is 18.3 Å². The number of carboxylic acid groups (broad SMARTS) is 1. The summed E-state index contributed by atoms with van der Waals surface area (Å²) in [6, 6.07) is 7.78. The lowest BCUT2D eigenvalue weighted by molar-refractivity contribution is -0.139. The van der Waals surface area contributed by atoms with Gasteiger partial charge in [0.25, 0.3) is 0 Å². The number of aliphatic carboxylic acids is 1. The van der Waals surface area contributed by atoms with Gasteiger partial charge in [0.2, 0.25) is 10.0 Å². The van der Waals surface area contributed by atoms with E-state index in [1.54, 1.807) is 6.92 Å². The largest absolute Gasteiger partial charge is 0.492 e. The van der Waals surface area contributed by atoms with Crippen LogP contribution in [0.15, 0.2) is 24.3 Å². The van der Waals surface area contributed by atoms with Crippen LogP contribution in [-0.4, -0.2) is 73.3 Å². The number of halogens is 1. The van der Waals surface area contributed by atoms with Crippen LogP contribution in [0.4, 0.5) is 0 Å². The molecule has 0 spiro atoms. The number of ether oxygens (including phenoxy) is 1. The fraction of sp³-hybridized carbons (Fsp3) is 0.611. The van der Waals surface area contributed by atoms with Crippen LogP contribution in [0.5, 0.6) is 5.75 Å². The fourth-order valence-electron chi connectivity index (χ4n) is 3.22. The first-order valence-corrected chi connectivity index (χ1v) is 10.6. The SMILES string of the molecule is CCS(=O)(=O)N1CCC(N(CCOc2cccc(C)c2)CC(=O)O)CC1.Cl. The van der Waals surface area contributed by atoms with Gasteiger partial charge >= 0.3 is 5.97 Å². The van der Waals surface area contributed by atoms with Gasteiger partial charge in [-0.05, 0) is 44.4 Å². The van der Waals surface area contributed by atoms with Gasteiger partial charge in [0, 0.05) is 25.7 Å². The number of piperidine rings is 1. The lowest BCUT2D eigenvalue weighted by Crippen LogP contribution is -2.49. The van der Waals surface area contributed by atoms with Gasteiger partial charge in [-0.3, -0.25) is 9.69 Å². The van der Waals surface area contributed by atoms with Crippen LogP contribution in [0.1, 0.15) is 25.3 Å². The number of nitrogens with zero attached hydrogens (tertiary/aromatic N) is 2. The van der Waals surface area contributed by atoms with Crippen molar-refractivity contribution in [2.75, 3.05) is 38.5 Å². The van der Waals surface area contributed by atoms with Gasteiger partial charge in [-0.15, -0.1) is 12.4 Å². The Hall–Kier alpha value is -1.35. The maximum absolute atomic E-state index is 12.0. The second-order valence-corrected chi connectivity index (χ2v) is 8.82. The van der Waals surface area contributed by atoms with Crippen molar-refractivity contribution in [3.05, 3.63) is 29.8 Å². The third-order valence-corrected chi connectivity index (χ3v) is 6.55. The minimum atomic E-state index is -3.18. The molecule has 0 amide bonds. The quantitative estimate of drug-likeness (QED) is 0.657. The number of carboxylic acids is 1. The van der Waals surface area contributed by atoms with E-state index < -0.39 is 16.0 Å². The average Bonchev–Trinajstić information content (AvgIpc) is 2.61. The number of carbonyl (C=O) groups is 1. The van der Waals surface area contributed by atoms with Crippen molar-refractivity contribution in [2.24, 2.45) is 0 Å². The first-order valence-electron chi connectivity index (χ1n) is 8.95. The molecule has 154 valence electrons. The number of hydrogen-bond acceptors (Lipinski definition) is 5. The lowest BCUT2D eigenvalue weighted by atomic mass is 10.0. The summed E-state index contributed by atoms with van der Waals surface area (Å²) in [7, 11) is -3.18. The zero-order valence-electron chi connectivity index (χ0n) is 15.8. The first-order chi connectivity index (χ1) is 12.3. The Morgan fingerprint density at radius 1 is 1.33 bits per heavy atom. The van der Waals surface area contributed by atoms with Crippen molar-refractivity contribution in [1.29, 1.82) is 0 Å². The second kappa shape index (κ2) is 10.8. The molecule has 27 heavy (non-hydrogen) atoms. The number of rotatable bonds is 9. The molecule has 1 aliphatic rings. The zero-order valence-corrected chi connectivity index (χ0v) is 17.5. The highest BCUT2D eigenvalue weighted by atomic mass is 35.5. The van der Waals surface area contributed by atoms with E-state index in [4.69, 9.17) is 4.74 Å². The van der Waals surface area contributed by atoms with Crippen molar-refractivity contribution in [3.63, 3.8) is 0 Å². The Kier molecular flexibility index (Phi) is 9.52. The summed E-state index contributed by atoms with van der Waals surface area (Å²) in [5, 5.41) is 9.20. The highest BCUT2D eigenvalue weighted by molar-refractivity contribution is 7.89. The molecule has 1 aromatic carbocycles. The summed E-state index contributed by atoms with van der Waals surface area (Å²) in [6.07, 6.45) is 1.27. The third-order valence-electron chi connectivity index (χ3n) is 4.67. The fourth-order valence-corrected chi connectivity index (χ4v) is 4.35. The number of benzene rings is 1. The van der Waals surface area contributed by atoms with Crippen molar-refractivity contribution in [3.8, 4) is 5.75 Å². The molecular formula is C18H29ClN2O5S. The van der Waals surface area contributed by atoms with Crippen molar-refractivity contribution in [1.82, 2.24) is 9.21 Å². The molecule has 0 bridgehead atoms. The predicted molar refractivity (Wildman–Crippen MR) is 107 cm³/mol. The third kappa shape index (κ3) is 7.29. The Bertz CT molecular complexity index is 705. The highest BCUT2D eigenvalue weighted by Gasteiger charge is 2.30. The molecule has 0 aliphatic carbocycles. The van der Waals surface area contributed by atoms with Crippen LogP contribution in [0.25, 0.3) is 0 Å². The van der Waals surface area contributed by atoms with E-state index in [0.717, 1.165) is 11.3 Å². The van der Waals surface area contributed by atoms with Gasteiger partial charge in [0.05, 0.1) is 12.3 Å². The maximum Gasteiger partial charge on any atom is 0.317 e. The molecule has 2 rings (SSSR count). The average molecular weight is 421 g/mol. The molecule has 1 saturated heterocycles. The zero-order chi connectivity index (χ0) is 19.2. The van der Waals surface area contributed by atoms with E-state index in [2.05, 4.69) is 0 Å². The van der Waals surface area contributed by atoms with Crippen LogP contribution in [0, 0.1) is 6.92 Å². The van der Waals surface area contributed by atoms with Gasteiger partial charge in [-0.2, -0.15) is 0 Å². The smallest absolute Gasteiger partial charge is 0.317 e. The van der Waals surface area contributed by atoms with E-state index in [1.807, 2.05) is 36.1 Å². The molecule has 0 saturated carbocycles. The second-order valence-electron chi connectivity index (χ2n) is 6.56. The Morgan fingerprint density at radius 2 is 2.00 bits per heavy atom. The van der Waals surface area contributed by atoms with Crippen LogP contribution in [-0.2, 0) is 14.8 Å². The van der Waals surface area contributed by atoms with Gasteiger partial charge in [-0.25, -0.2) is 12.7 Å². The molecule has 0 atom stereocenters. The van der Waals surface area contributed by atoms with E-state index >= 15 is 0 Å². The molecule has 9 heteroatoms. The van der Waals surface area contributed by atoms with Crippen LogP contribution < -0.4 is 4.74 Å². The summed E-state index contributed by atoms with van der Waals surface area (Å²) >= 11 is 0. The van der Waals surface area contributed by atoms with Crippen molar-refractivity contribution < 1.29 is 23.1 Å². The standard InChI is InChI=1S/C18H28N2O5S.ClH/c1-3-26(23,24)20-9-7-16(8-10-20)19(14-18(21)22)11-12-25-17-6-4-5-15(2)13-17;/h4-6,13,16H,3,7-12,14H2,1-2H3,(H,21,22);1H.